The van der Waals surface area contributed by atoms with Crippen molar-refractivity contribution in [3.8, 4) is 11.5 Å². The number of phenols is 1. The zero-order valence-corrected chi connectivity index (χ0v) is 8.11. The zero-order valence-electron chi connectivity index (χ0n) is 8.11. The summed E-state index contributed by atoms with van der Waals surface area (Å²) in [6.07, 6.45) is 0. The van der Waals surface area contributed by atoms with E-state index in [2.05, 4.69) is 0 Å². The maximum absolute atomic E-state index is 9.79. The van der Waals surface area contributed by atoms with Gasteiger partial charge in [-0.15, -0.1) is 0 Å². The fourth-order valence-electron chi connectivity index (χ4n) is 1.52. The van der Waals surface area contributed by atoms with E-state index in [1.54, 1.807) is 12.1 Å². The van der Waals surface area contributed by atoms with E-state index in [1.807, 2.05) is 13.8 Å². The van der Waals surface area contributed by atoms with Gasteiger partial charge in [-0.25, -0.2) is 0 Å². The standard InChI is InChI=1S/C11H12O3/c1-6(2)11-10(13)9-7(12)4-3-5-8(9)14-11/h3-6,12-13H,1-2H3. The molecule has 1 aromatic heterocycles. The molecule has 0 unspecified atom stereocenters. The largest absolute Gasteiger partial charge is 0.507 e. The molecule has 2 rings (SSSR count). The second kappa shape index (κ2) is 2.94. The lowest BCUT2D eigenvalue weighted by Crippen LogP contribution is -1.82. The van der Waals surface area contributed by atoms with Gasteiger partial charge in [-0.05, 0) is 12.1 Å². The van der Waals surface area contributed by atoms with Crippen LogP contribution in [-0.4, -0.2) is 10.2 Å². The molecule has 3 heteroatoms. The molecule has 14 heavy (non-hydrogen) atoms. The fourth-order valence-corrected chi connectivity index (χ4v) is 1.52. The quantitative estimate of drug-likeness (QED) is 0.730. The van der Waals surface area contributed by atoms with Crippen LogP contribution >= 0.6 is 0 Å². The van der Waals surface area contributed by atoms with Crippen LogP contribution in [0, 0.1) is 0 Å². The van der Waals surface area contributed by atoms with Gasteiger partial charge < -0.3 is 14.6 Å². The van der Waals surface area contributed by atoms with Gasteiger partial charge in [0.15, 0.2) is 5.75 Å². The highest BCUT2D eigenvalue weighted by atomic mass is 16.4. The Hall–Kier alpha value is -1.64. The second-order valence-electron chi connectivity index (χ2n) is 3.62. The van der Waals surface area contributed by atoms with Gasteiger partial charge >= 0.3 is 0 Å². The average molecular weight is 192 g/mol. The van der Waals surface area contributed by atoms with E-state index in [0.717, 1.165) is 0 Å². The first-order chi connectivity index (χ1) is 6.61. The van der Waals surface area contributed by atoms with Crippen LogP contribution in [0.2, 0.25) is 0 Å². The van der Waals surface area contributed by atoms with Crippen molar-refractivity contribution in [3.05, 3.63) is 24.0 Å². The van der Waals surface area contributed by atoms with Gasteiger partial charge in [0.1, 0.15) is 22.5 Å². The minimum atomic E-state index is 0.0492. The van der Waals surface area contributed by atoms with E-state index >= 15 is 0 Å². The minimum absolute atomic E-state index is 0.0492. The number of hydrogen-bond donors (Lipinski definition) is 2. The van der Waals surface area contributed by atoms with Crippen LogP contribution in [0.4, 0.5) is 0 Å². The van der Waals surface area contributed by atoms with Gasteiger partial charge in [-0.2, -0.15) is 0 Å². The summed E-state index contributed by atoms with van der Waals surface area (Å²) < 4.78 is 5.43. The topological polar surface area (TPSA) is 53.6 Å². The molecule has 0 aliphatic heterocycles. The molecule has 0 saturated heterocycles. The monoisotopic (exact) mass is 192 g/mol. The summed E-state index contributed by atoms with van der Waals surface area (Å²) in [6, 6.07) is 4.94. The average Bonchev–Trinajstić information content (AvgIpc) is 2.45. The second-order valence-corrected chi connectivity index (χ2v) is 3.62. The molecule has 2 N–H and O–H groups in total. The number of furan rings is 1. The molecule has 1 heterocycles. The molecule has 0 saturated carbocycles. The van der Waals surface area contributed by atoms with Crippen molar-refractivity contribution in [3.63, 3.8) is 0 Å². The molecule has 0 atom stereocenters. The van der Waals surface area contributed by atoms with E-state index in [-0.39, 0.29) is 17.4 Å². The Labute approximate surface area is 81.6 Å². The Balaban J connectivity index is 2.81. The molecule has 1 aromatic carbocycles. The van der Waals surface area contributed by atoms with Crippen LogP contribution in [0.1, 0.15) is 25.5 Å². The molecule has 2 aromatic rings. The van der Waals surface area contributed by atoms with E-state index in [1.165, 1.54) is 6.07 Å². The highest BCUT2D eigenvalue weighted by Gasteiger charge is 2.18. The third kappa shape index (κ3) is 1.13. The van der Waals surface area contributed by atoms with Crippen molar-refractivity contribution in [1.82, 2.24) is 0 Å². The van der Waals surface area contributed by atoms with E-state index in [9.17, 15) is 10.2 Å². The van der Waals surface area contributed by atoms with E-state index in [0.29, 0.717) is 16.7 Å². The van der Waals surface area contributed by atoms with Crippen molar-refractivity contribution in [2.75, 3.05) is 0 Å². The van der Waals surface area contributed by atoms with Crippen LogP contribution in [-0.2, 0) is 0 Å². The molecule has 0 aliphatic rings. The number of aromatic hydroxyl groups is 2. The summed E-state index contributed by atoms with van der Waals surface area (Å²) in [7, 11) is 0. The minimum Gasteiger partial charge on any atom is -0.507 e. The summed E-state index contributed by atoms with van der Waals surface area (Å²) >= 11 is 0. The van der Waals surface area contributed by atoms with Gasteiger partial charge in [0.2, 0.25) is 0 Å². The Morgan fingerprint density at radius 2 is 1.93 bits per heavy atom. The van der Waals surface area contributed by atoms with Crippen molar-refractivity contribution >= 4 is 11.0 Å². The third-order valence-corrected chi connectivity index (χ3v) is 2.22. The molecule has 0 amide bonds. The zero-order chi connectivity index (χ0) is 10.3. The number of rotatable bonds is 1. The summed E-state index contributed by atoms with van der Waals surface area (Å²) in [4.78, 5) is 0. The molecule has 0 radical (unpaired) electrons. The number of hydrogen-bond acceptors (Lipinski definition) is 3. The maximum atomic E-state index is 9.79. The lowest BCUT2D eigenvalue weighted by molar-refractivity contribution is 0.428. The van der Waals surface area contributed by atoms with Crippen molar-refractivity contribution in [1.29, 1.82) is 0 Å². The lowest BCUT2D eigenvalue weighted by Gasteiger charge is -1.98. The predicted octanol–water partition coefficient (Wildman–Crippen LogP) is 2.97. The number of fused-ring (bicyclic) bond motifs is 1. The van der Waals surface area contributed by atoms with Gasteiger partial charge in [0.25, 0.3) is 0 Å². The van der Waals surface area contributed by atoms with Crippen LogP contribution in [0.3, 0.4) is 0 Å². The number of phenolic OH excluding ortho intramolecular Hbond substituents is 1. The maximum Gasteiger partial charge on any atom is 0.169 e. The highest BCUT2D eigenvalue weighted by molar-refractivity contribution is 5.90. The fraction of sp³-hybridized carbons (Fsp3) is 0.273. The lowest BCUT2D eigenvalue weighted by atomic mass is 10.1. The van der Waals surface area contributed by atoms with Crippen LogP contribution in [0.25, 0.3) is 11.0 Å². The molecule has 0 fully saturated rings. The summed E-state index contributed by atoms with van der Waals surface area (Å²) in [5, 5.41) is 19.7. The van der Waals surface area contributed by atoms with Crippen molar-refractivity contribution in [2.45, 2.75) is 19.8 Å². The molecule has 0 spiro atoms. The molecule has 0 aliphatic carbocycles. The first-order valence-electron chi connectivity index (χ1n) is 4.54. The smallest absolute Gasteiger partial charge is 0.169 e. The SMILES string of the molecule is CC(C)c1oc2cccc(O)c2c1O. The Kier molecular flexibility index (Phi) is 1.88. The Morgan fingerprint density at radius 1 is 1.21 bits per heavy atom. The Bertz CT molecular complexity index is 469. The molecular weight excluding hydrogens is 180 g/mol. The highest BCUT2D eigenvalue weighted by Crippen LogP contribution is 2.40. The molecule has 0 bridgehead atoms. The van der Waals surface area contributed by atoms with Crippen molar-refractivity contribution < 1.29 is 14.6 Å². The molecular formula is C11H12O3. The normalized spacial score (nSPS) is 11.4. The van der Waals surface area contributed by atoms with Crippen LogP contribution < -0.4 is 0 Å². The van der Waals surface area contributed by atoms with Crippen LogP contribution in [0.15, 0.2) is 22.6 Å². The first-order valence-corrected chi connectivity index (χ1v) is 4.54. The van der Waals surface area contributed by atoms with Gasteiger partial charge in [-0.3, -0.25) is 0 Å². The summed E-state index contributed by atoms with van der Waals surface area (Å²) in [5.41, 5.74) is 0.520. The van der Waals surface area contributed by atoms with E-state index < -0.39 is 0 Å². The van der Waals surface area contributed by atoms with Gasteiger partial charge in [0.05, 0.1) is 0 Å². The molecule has 74 valence electrons. The first kappa shape index (κ1) is 8.94. The number of benzene rings is 1. The van der Waals surface area contributed by atoms with E-state index in [4.69, 9.17) is 4.42 Å². The summed E-state index contributed by atoms with van der Waals surface area (Å²) in [6.45, 7) is 3.85. The predicted molar refractivity (Wildman–Crippen MR) is 53.6 cm³/mol. The Morgan fingerprint density at radius 3 is 2.50 bits per heavy atom. The molecule has 3 nitrogen and oxygen atoms in total. The summed E-state index contributed by atoms with van der Waals surface area (Å²) in [5.74, 6) is 0.715. The van der Waals surface area contributed by atoms with Crippen LogP contribution in [0.5, 0.6) is 11.5 Å². The third-order valence-electron chi connectivity index (χ3n) is 2.22. The van der Waals surface area contributed by atoms with Gasteiger partial charge in [-0.1, -0.05) is 19.9 Å². The van der Waals surface area contributed by atoms with Gasteiger partial charge in [0, 0.05) is 5.92 Å². The van der Waals surface area contributed by atoms with Crippen molar-refractivity contribution in [2.24, 2.45) is 0 Å².